The zero-order valence-electron chi connectivity index (χ0n) is 17.5. The molecule has 0 aliphatic carbocycles. The Bertz CT molecular complexity index is 681. The highest BCUT2D eigenvalue weighted by atomic mass is 35.5. The van der Waals surface area contributed by atoms with Crippen molar-refractivity contribution in [2.75, 3.05) is 7.11 Å². The maximum absolute atomic E-state index is 12.7. The first-order valence-corrected chi connectivity index (χ1v) is 10.2. The van der Waals surface area contributed by atoms with Crippen molar-refractivity contribution in [3.8, 4) is 0 Å². The lowest BCUT2D eigenvalue weighted by Crippen LogP contribution is -2.52. The molecule has 2 N–H and O–H groups in total. The molecular formula is C21H31ClN2O5. The summed E-state index contributed by atoms with van der Waals surface area (Å²) in [5, 5.41) is 5.77. The van der Waals surface area contributed by atoms with Crippen LogP contribution in [0.25, 0.3) is 0 Å². The summed E-state index contributed by atoms with van der Waals surface area (Å²) in [5.74, 6) is -0.807. The lowest BCUT2D eigenvalue weighted by molar-refractivity contribution is -0.145. The first-order valence-electron chi connectivity index (χ1n) is 9.83. The van der Waals surface area contributed by atoms with Crippen molar-refractivity contribution in [3.63, 3.8) is 0 Å². The Morgan fingerprint density at radius 3 is 2.38 bits per heavy atom. The van der Waals surface area contributed by atoms with E-state index in [0.717, 1.165) is 12.8 Å². The summed E-state index contributed by atoms with van der Waals surface area (Å²) in [6.45, 7) is 5.86. The average molecular weight is 427 g/mol. The zero-order chi connectivity index (χ0) is 21.8. The van der Waals surface area contributed by atoms with Gasteiger partial charge in [-0.05, 0) is 24.8 Å². The molecule has 2 amide bonds. The van der Waals surface area contributed by atoms with E-state index in [4.69, 9.17) is 21.1 Å². The average Bonchev–Trinajstić information content (AvgIpc) is 2.68. The Morgan fingerprint density at radius 1 is 1.10 bits per heavy atom. The molecular weight excluding hydrogens is 396 g/mol. The molecule has 162 valence electrons. The number of ether oxygens (including phenoxy) is 2. The number of benzene rings is 1. The van der Waals surface area contributed by atoms with Gasteiger partial charge in [0.15, 0.2) is 0 Å². The number of nitrogens with one attached hydrogen (secondary N) is 2. The summed E-state index contributed by atoms with van der Waals surface area (Å²) in [6, 6.07) is 5.45. The normalized spacial score (nSPS) is 12.8. The summed E-state index contributed by atoms with van der Waals surface area (Å²) in [4.78, 5) is 36.9. The molecule has 1 rings (SSSR count). The van der Waals surface area contributed by atoms with E-state index in [2.05, 4.69) is 10.6 Å². The predicted octanol–water partition coefficient (Wildman–Crippen LogP) is 3.83. The molecule has 2 atom stereocenters. The van der Waals surface area contributed by atoms with Crippen molar-refractivity contribution in [2.24, 2.45) is 5.92 Å². The van der Waals surface area contributed by atoms with E-state index in [1.165, 1.54) is 7.11 Å². The van der Waals surface area contributed by atoms with Crippen molar-refractivity contribution in [2.45, 2.75) is 65.1 Å². The highest BCUT2D eigenvalue weighted by molar-refractivity contribution is 6.31. The fraction of sp³-hybridized carbons (Fsp3) is 0.571. The van der Waals surface area contributed by atoms with Crippen LogP contribution in [0.15, 0.2) is 24.3 Å². The molecule has 0 heterocycles. The summed E-state index contributed by atoms with van der Waals surface area (Å²) >= 11 is 6.06. The van der Waals surface area contributed by atoms with Crippen LogP contribution < -0.4 is 10.6 Å². The first kappa shape index (κ1) is 24.8. The van der Waals surface area contributed by atoms with Crippen molar-refractivity contribution in [1.29, 1.82) is 0 Å². The predicted molar refractivity (Wildman–Crippen MR) is 111 cm³/mol. The van der Waals surface area contributed by atoms with E-state index in [1.54, 1.807) is 24.3 Å². The molecule has 0 fully saturated rings. The first-order chi connectivity index (χ1) is 13.8. The lowest BCUT2D eigenvalue weighted by atomic mass is 10.0. The second-order valence-corrected chi connectivity index (χ2v) is 7.63. The van der Waals surface area contributed by atoms with Crippen molar-refractivity contribution in [3.05, 3.63) is 34.9 Å². The number of methoxy groups -OCH3 is 1. The molecule has 7 nitrogen and oxygen atoms in total. The van der Waals surface area contributed by atoms with E-state index in [1.807, 2.05) is 20.8 Å². The molecule has 0 radical (unpaired) electrons. The highest BCUT2D eigenvalue weighted by Gasteiger charge is 2.28. The molecule has 0 aliphatic heterocycles. The standard InChI is InChI=1S/C21H31ClN2O5/c1-5-6-11-17(20(26)28-4)23-19(25)18(12-14(2)3)24-21(27)29-13-15-9-7-8-10-16(15)22/h7-10,14,17-18H,5-6,11-13H2,1-4H3,(H,23,25)(H,24,27)/t17-,18-/m0/s1. The number of halogens is 1. The number of carbonyl (C=O) groups excluding carboxylic acids is 3. The third-order valence-corrected chi connectivity index (χ3v) is 4.65. The second-order valence-electron chi connectivity index (χ2n) is 7.22. The second kappa shape index (κ2) is 13.0. The van der Waals surface area contributed by atoms with Gasteiger partial charge in [-0.15, -0.1) is 0 Å². The van der Waals surface area contributed by atoms with Gasteiger partial charge in [0.2, 0.25) is 5.91 Å². The SMILES string of the molecule is CCCC[C@H](NC(=O)[C@H](CC(C)C)NC(=O)OCc1ccccc1Cl)C(=O)OC. The third kappa shape index (κ3) is 9.17. The van der Waals surface area contributed by atoms with Gasteiger partial charge in [-0.25, -0.2) is 9.59 Å². The maximum Gasteiger partial charge on any atom is 0.408 e. The summed E-state index contributed by atoms with van der Waals surface area (Å²) in [5.41, 5.74) is 0.666. The molecule has 0 bridgehead atoms. The van der Waals surface area contributed by atoms with Crippen LogP contribution in [0.5, 0.6) is 0 Å². The smallest absolute Gasteiger partial charge is 0.408 e. The van der Waals surface area contributed by atoms with Crippen LogP contribution in [-0.4, -0.2) is 37.2 Å². The number of rotatable bonds is 11. The molecule has 0 saturated heterocycles. The van der Waals surface area contributed by atoms with E-state index in [0.29, 0.717) is 23.4 Å². The molecule has 0 spiro atoms. The van der Waals surface area contributed by atoms with Crippen LogP contribution in [0.1, 0.15) is 52.0 Å². The van der Waals surface area contributed by atoms with Gasteiger partial charge in [0.1, 0.15) is 18.7 Å². The number of alkyl carbamates (subject to hydrolysis) is 1. The highest BCUT2D eigenvalue weighted by Crippen LogP contribution is 2.16. The van der Waals surface area contributed by atoms with Gasteiger partial charge in [-0.3, -0.25) is 4.79 Å². The van der Waals surface area contributed by atoms with Crippen LogP contribution in [0.4, 0.5) is 4.79 Å². The van der Waals surface area contributed by atoms with Gasteiger partial charge < -0.3 is 20.1 Å². The third-order valence-electron chi connectivity index (χ3n) is 4.28. The van der Waals surface area contributed by atoms with Crippen LogP contribution in [0.2, 0.25) is 5.02 Å². The Balaban J connectivity index is 2.73. The molecule has 29 heavy (non-hydrogen) atoms. The number of amides is 2. The van der Waals surface area contributed by atoms with Gasteiger partial charge in [0.25, 0.3) is 0 Å². The lowest BCUT2D eigenvalue weighted by Gasteiger charge is -2.23. The van der Waals surface area contributed by atoms with E-state index in [9.17, 15) is 14.4 Å². The summed E-state index contributed by atoms with van der Waals surface area (Å²) < 4.78 is 9.98. The van der Waals surface area contributed by atoms with Crippen LogP contribution in [0, 0.1) is 5.92 Å². The van der Waals surface area contributed by atoms with E-state index < -0.39 is 30.1 Å². The fourth-order valence-corrected chi connectivity index (χ4v) is 2.91. The zero-order valence-corrected chi connectivity index (χ0v) is 18.3. The van der Waals surface area contributed by atoms with Gasteiger partial charge in [-0.2, -0.15) is 0 Å². The number of hydrogen-bond acceptors (Lipinski definition) is 5. The number of carbonyl (C=O) groups is 3. The summed E-state index contributed by atoms with van der Waals surface area (Å²) in [7, 11) is 1.28. The van der Waals surface area contributed by atoms with Crippen LogP contribution in [-0.2, 0) is 25.7 Å². The van der Waals surface area contributed by atoms with E-state index >= 15 is 0 Å². The molecule has 0 aliphatic rings. The molecule has 0 aromatic heterocycles. The molecule has 0 unspecified atom stereocenters. The molecule has 8 heteroatoms. The minimum absolute atomic E-state index is 0.0111. The monoisotopic (exact) mass is 426 g/mol. The molecule has 0 saturated carbocycles. The minimum atomic E-state index is -0.831. The largest absolute Gasteiger partial charge is 0.467 e. The summed E-state index contributed by atoms with van der Waals surface area (Å²) in [6.07, 6.45) is 1.79. The van der Waals surface area contributed by atoms with Crippen molar-refractivity contribution in [1.82, 2.24) is 10.6 Å². The van der Waals surface area contributed by atoms with E-state index in [-0.39, 0.29) is 12.5 Å². The maximum atomic E-state index is 12.7. The number of unbranched alkanes of at least 4 members (excludes halogenated alkanes) is 1. The van der Waals surface area contributed by atoms with Gasteiger partial charge in [0.05, 0.1) is 7.11 Å². The Labute approximate surface area is 177 Å². The minimum Gasteiger partial charge on any atom is -0.467 e. The molecule has 1 aromatic rings. The van der Waals surface area contributed by atoms with Crippen molar-refractivity contribution < 1.29 is 23.9 Å². The van der Waals surface area contributed by atoms with Gasteiger partial charge in [0, 0.05) is 10.6 Å². The van der Waals surface area contributed by atoms with Crippen LogP contribution in [0.3, 0.4) is 0 Å². The Morgan fingerprint density at radius 2 is 1.79 bits per heavy atom. The topological polar surface area (TPSA) is 93.7 Å². The molecule has 1 aromatic carbocycles. The number of esters is 1. The Hall–Kier alpha value is -2.28. The van der Waals surface area contributed by atoms with Crippen molar-refractivity contribution >= 4 is 29.6 Å². The number of hydrogen-bond donors (Lipinski definition) is 2. The van der Waals surface area contributed by atoms with Crippen LogP contribution >= 0.6 is 11.6 Å². The van der Waals surface area contributed by atoms with Gasteiger partial charge in [-0.1, -0.05) is 63.4 Å². The Kier molecular flexibility index (Phi) is 11.1. The quantitative estimate of drug-likeness (QED) is 0.524. The van der Waals surface area contributed by atoms with Gasteiger partial charge >= 0.3 is 12.1 Å². The fourth-order valence-electron chi connectivity index (χ4n) is 2.72.